The van der Waals surface area contributed by atoms with Crippen LogP contribution >= 0.6 is 12.6 Å². The van der Waals surface area contributed by atoms with Crippen LogP contribution in [-0.2, 0) is 60.7 Å². The first-order valence-electron chi connectivity index (χ1n) is 23.0. The second-order valence-corrected chi connectivity index (χ2v) is 18.8. The molecule has 0 radical (unpaired) electrons. The van der Waals surface area contributed by atoms with E-state index in [0.717, 1.165) is 28.4 Å². The minimum atomic E-state index is -1.58. The fourth-order valence-corrected chi connectivity index (χ4v) is 6.98. The number of rotatable bonds is 24. The van der Waals surface area contributed by atoms with E-state index in [1.54, 1.807) is 40.1 Å². The van der Waals surface area contributed by atoms with E-state index in [4.69, 9.17) is 20.0 Å². The van der Waals surface area contributed by atoms with Crippen LogP contribution in [0.25, 0.3) is 10.8 Å². The first-order valence-corrected chi connectivity index (χ1v) is 23.4. The van der Waals surface area contributed by atoms with Crippen LogP contribution in [0.4, 0.5) is 0 Å². The summed E-state index contributed by atoms with van der Waals surface area (Å²) in [6, 6.07) is 17.1. The molecule has 22 heteroatoms. The number of nitrogens with zero attached hydrogens (tertiary/aromatic N) is 2. The fourth-order valence-electron chi connectivity index (χ4n) is 6.93. The third kappa shape index (κ3) is 23.1. The van der Waals surface area contributed by atoms with Gasteiger partial charge in [-0.15, -0.1) is 0 Å². The lowest BCUT2D eigenvalue weighted by atomic mass is 9.87. The molecule has 9 amide bonds. The van der Waals surface area contributed by atoms with E-state index in [9.17, 15) is 38.4 Å². The number of likely N-dealkylation sites (N-methyl/N-ethyl adjacent to an activating group) is 1. The fraction of sp³-hybridized carbons (Fsp3) is 0.490. The maximum Gasteiger partial charge on any atom is 0.246 e. The van der Waals surface area contributed by atoms with Crippen molar-refractivity contribution in [1.82, 2.24) is 41.7 Å². The van der Waals surface area contributed by atoms with Crippen molar-refractivity contribution < 1.29 is 52.6 Å². The summed E-state index contributed by atoms with van der Waals surface area (Å²) < 4.78 is 11.4. The monoisotopic (exact) mass is 1010 g/mol. The number of carbonyl (C=O) groups excluding carboxylic acids is 9. The van der Waals surface area contributed by atoms with Crippen LogP contribution in [0.5, 0.6) is 5.75 Å². The molecule has 4 rings (SSSR count). The number of fused-ring (bicyclic) bond motifs is 1. The van der Waals surface area contributed by atoms with Crippen LogP contribution in [0.3, 0.4) is 0 Å². The summed E-state index contributed by atoms with van der Waals surface area (Å²) in [5, 5.41) is 18.2. The molecule has 0 aliphatic carbocycles. The average molecular weight is 1010 g/mol. The lowest BCUT2D eigenvalue weighted by molar-refractivity contribution is -0.141. The van der Waals surface area contributed by atoms with Gasteiger partial charge < -0.3 is 62.6 Å². The Hall–Kier alpha value is -6.78. The number of amides is 9. The van der Waals surface area contributed by atoms with Gasteiger partial charge in [-0.25, -0.2) is 0 Å². The van der Waals surface area contributed by atoms with Crippen molar-refractivity contribution in [2.75, 3.05) is 61.1 Å². The molecule has 390 valence electrons. The molecule has 1 heterocycles. The summed E-state index contributed by atoms with van der Waals surface area (Å²) in [7, 11) is 7.04. The maximum atomic E-state index is 14.6. The van der Waals surface area contributed by atoms with Gasteiger partial charge in [-0.3, -0.25) is 43.2 Å². The zero-order chi connectivity index (χ0) is 53.1. The number of benzene rings is 3. The number of carbonyl (C=O) groups is 9. The Morgan fingerprint density at radius 1 is 0.803 bits per heavy atom. The van der Waals surface area contributed by atoms with E-state index in [2.05, 4.69) is 50.3 Å². The molecule has 10 N–H and O–H groups in total. The molecule has 21 nitrogen and oxygen atoms in total. The Morgan fingerprint density at radius 3 is 1.94 bits per heavy atom. The smallest absolute Gasteiger partial charge is 0.246 e. The Balaban J connectivity index is 0.00000157. The number of nitrogens with two attached hydrogens (primary N) is 2. The molecule has 71 heavy (non-hydrogen) atoms. The number of hydrogen-bond acceptors (Lipinski definition) is 13. The Labute approximate surface area is 421 Å². The molecule has 0 bridgehead atoms. The lowest BCUT2D eigenvalue weighted by Crippen LogP contribution is -2.66. The van der Waals surface area contributed by atoms with Crippen molar-refractivity contribution in [2.24, 2.45) is 11.5 Å². The Bertz CT molecular complexity index is 2230. The SMILES string of the molecule is CC(=O)N[C@@H](Cc1ccc(OCCN(C)C)cc1)C(=O)N[C@@H](Cc1ccc2ccccc2c1)C(=O)NC1(C(=O)N[C@@H](CCC(=O)N(C)C)C(=O)NCCC(N)=O)CCOCC1.CC(C)(S)NC=O.NC=O. The zero-order valence-electron chi connectivity index (χ0n) is 41.7. The van der Waals surface area contributed by atoms with E-state index in [1.807, 2.05) is 73.6 Å². The van der Waals surface area contributed by atoms with Crippen molar-refractivity contribution in [2.45, 2.75) is 94.3 Å². The highest BCUT2D eigenvalue weighted by atomic mass is 32.1. The number of ether oxygens (including phenoxy) is 2. The molecule has 0 aromatic heterocycles. The van der Waals surface area contributed by atoms with Gasteiger partial charge in [0.25, 0.3) is 0 Å². The van der Waals surface area contributed by atoms with Crippen molar-refractivity contribution in [1.29, 1.82) is 0 Å². The van der Waals surface area contributed by atoms with Gasteiger partial charge in [-0.05, 0) is 68.4 Å². The quantitative estimate of drug-likeness (QED) is 0.0327. The van der Waals surface area contributed by atoms with Crippen LogP contribution in [-0.4, -0.2) is 154 Å². The first kappa shape index (κ1) is 60.3. The van der Waals surface area contributed by atoms with Gasteiger partial charge in [-0.2, -0.15) is 12.6 Å². The van der Waals surface area contributed by atoms with Gasteiger partial charge >= 0.3 is 0 Å². The Morgan fingerprint density at radius 2 is 1.39 bits per heavy atom. The van der Waals surface area contributed by atoms with Gasteiger partial charge in [0.1, 0.15) is 36.0 Å². The largest absolute Gasteiger partial charge is 0.492 e. The summed E-state index contributed by atoms with van der Waals surface area (Å²) in [4.78, 5) is 114. The van der Waals surface area contributed by atoms with Crippen LogP contribution in [0.2, 0.25) is 0 Å². The molecular weight excluding hydrogens is 937 g/mol. The van der Waals surface area contributed by atoms with E-state index < -0.39 is 59.1 Å². The minimum absolute atomic E-state index is 0.0277. The standard InChI is InChI=1S/C44H60N8O9.C4H9NOS.CH3NO/c1-29(53)47-36(27-30-11-14-34(15-12-30)61-25-22-51(2)3)41(57)48-37(28-31-10-13-32-8-6-7-9-33(32)26-31)42(58)50-44(19-23-60-24-20-44)43(59)49-35(16-17-39(55)52(4)5)40(56)46-21-18-38(45)54;1-4(2,7)5-3-6;2-1-3/h6-15,26,35-37H,16-25,27-28H2,1-5H3,(H2,45,54)(H,46,56)(H,47,53)(H,48,57)(H,49,59)(H,50,58);3,7H,1-2H3,(H,5,6);1H,(H2,2,3)/t35-,36-,37-;;/m0../s1. The molecule has 0 saturated carbocycles. The highest BCUT2D eigenvalue weighted by molar-refractivity contribution is 7.81. The van der Waals surface area contributed by atoms with Gasteiger partial charge in [0, 0.05) is 85.8 Å². The lowest BCUT2D eigenvalue weighted by Gasteiger charge is -2.38. The van der Waals surface area contributed by atoms with Crippen molar-refractivity contribution in [3.8, 4) is 5.75 Å². The molecular formula is C49H72N10O11S. The predicted octanol–water partition coefficient (Wildman–Crippen LogP) is 0.0649. The van der Waals surface area contributed by atoms with E-state index in [1.165, 1.54) is 11.8 Å². The number of thiol groups is 1. The van der Waals surface area contributed by atoms with Crippen LogP contribution in [0, 0.1) is 0 Å². The van der Waals surface area contributed by atoms with Crippen LogP contribution in [0.1, 0.15) is 64.0 Å². The van der Waals surface area contributed by atoms with E-state index >= 15 is 0 Å². The normalized spacial score (nSPS) is 13.9. The predicted molar refractivity (Wildman–Crippen MR) is 272 cm³/mol. The Kier molecular flexibility index (Phi) is 26.1. The number of hydrogen-bond donors (Lipinski definition) is 9. The summed E-state index contributed by atoms with van der Waals surface area (Å²) in [5.74, 6) is -3.31. The molecule has 1 aliphatic heterocycles. The second-order valence-electron chi connectivity index (χ2n) is 17.7. The van der Waals surface area contributed by atoms with E-state index in [0.29, 0.717) is 18.8 Å². The van der Waals surface area contributed by atoms with Crippen molar-refractivity contribution in [3.05, 3.63) is 77.9 Å². The summed E-state index contributed by atoms with van der Waals surface area (Å²) >= 11 is 3.99. The number of primary amides is 2. The average Bonchev–Trinajstić information content (AvgIpc) is 3.30. The molecule has 0 spiro atoms. The zero-order valence-corrected chi connectivity index (χ0v) is 42.6. The molecule has 1 aliphatic rings. The molecule has 0 unspecified atom stereocenters. The van der Waals surface area contributed by atoms with Crippen molar-refractivity contribution in [3.63, 3.8) is 0 Å². The molecule has 3 aromatic carbocycles. The summed E-state index contributed by atoms with van der Waals surface area (Å²) in [5.41, 5.74) is 9.30. The number of nitrogens with one attached hydrogen (secondary N) is 6. The van der Waals surface area contributed by atoms with Gasteiger partial charge in [-0.1, -0.05) is 54.6 Å². The van der Waals surface area contributed by atoms with Gasteiger partial charge in [0.05, 0.1) is 4.87 Å². The topological polar surface area (TPSA) is 303 Å². The molecule has 1 saturated heterocycles. The second kappa shape index (κ2) is 30.7. The minimum Gasteiger partial charge on any atom is -0.492 e. The maximum absolute atomic E-state index is 14.6. The van der Waals surface area contributed by atoms with Crippen LogP contribution < -0.4 is 48.1 Å². The van der Waals surface area contributed by atoms with Gasteiger partial charge in [0.2, 0.25) is 54.2 Å². The third-order valence-electron chi connectivity index (χ3n) is 10.7. The van der Waals surface area contributed by atoms with Gasteiger partial charge in [0.15, 0.2) is 0 Å². The highest BCUT2D eigenvalue weighted by Crippen LogP contribution is 2.24. The molecule has 1 fully saturated rings. The van der Waals surface area contributed by atoms with Crippen molar-refractivity contribution >= 4 is 77.6 Å². The highest BCUT2D eigenvalue weighted by Gasteiger charge is 2.44. The third-order valence-corrected chi connectivity index (χ3v) is 10.9. The van der Waals surface area contributed by atoms with E-state index in [-0.39, 0.29) is 81.9 Å². The molecule has 3 aromatic rings. The first-order chi connectivity index (χ1) is 33.5. The summed E-state index contributed by atoms with van der Waals surface area (Å²) in [6.45, 7) is 6.25. The van der Waals surface area contributed by atoms with Crippen LogP contribution in [0.15, 0.2) is 66.7 Å². The molecule has 3 atom stereocenters. The summed E-state index contributed by atoms with van der Waals surface area (Å²) in [6.07, 6.45) is 0.820.